The van der Waals surface area contributed by atoms with Gasteiger partial charge in [-0.15, -0.1) is 0 Å². The van der Waals surface area contributed by atoms with Crippen molar-refractivity contribution in [2.45, 2.75) is 26.7 Å². The molecule has 0 saturated heterocycles. The molecule has 0 amide bonds. The molecule has 0 bridgehead atoms. The number of ether oxygens (including phenoxy) is 2. The van der Waals surface area contributed by atoms with E-state index in [4.69, 9.17) is 9.47 Å². The molecule has 16 heavy (non-hydrogen) atoms. The summed E-state index contributed by atoms with van der Waals surface area (Å²) in [6.45, 7) is 4.27. The van der Waals surface area contributed by atoms with Crippen LogP contribution in [0.4, 0.5) is 0 Å². The second kappa shape index (κ2) is 6.16. The minimum atomic E-state index is 0.117. The SMILES string of the molecule is CCCOc1cccc(CC(C)=O)c1OC. The molecule has 0 spiro atoms. The summed E-state index contributed by atoms with van der Waals surface area (Å²) >= 11 is 0. The van der Waals surface area contributed by atoms with Crippen molar-refractivity contribution in [1.82, 2.24) is 0 Å². The van der Waals surface area contributed by atoms with Crippen LogP contribution in [-0.2, 0) is 11.2 Å². The molecular formula is C13H18O3. The van der Waals surface area contributed by atoms with Crippen LogP contribution in [0.5, 0.6) is 11.5 Å². The number of para-hydroxylation sites is 1. The lowest BCUT2D eigenvalue weighted by atomic mass is 10.1. The minimum Gasteiger partial charge on any atom is -0.493 e. The van der Waals surface area contributed by atoms with Gasteiger partial charge in [0.15, 0.2) is 11.5 Å². The molecule has 0 aliphatic carbocycles. The summed E-state index contributed by atoms with van der Waals surface area (Å²) in [5.41, 5.74) is 0.878. The Morgan fingerprint density at radius 2 is 2.12 bits per heavy atom. The normalized spacial score (nSPS) is 9.94. The van der Waals surface area contributed by atoms with Crippen LogP contribution in [0.1, 0.15) is 25.8 Å². The maximum atomic E-state index is 11.1. The van der Waals surface area contributed by atoms with Gasteiger partial charge in [0.05, 0.1) is 13.7 Å². The third-order valence-corrected chi connectivity index (χ3v) is 2.17. The number of benzene rings is 1. The van der Waals surface area contributed by atoms with Gasteiger partial charge in [-0.25, -0.2) is 0 Å². The second-order valence-corrected chi connectivity index (χ2v) is 3.68. The van der Waals surface area contributed by atoms with Crippen LogP contribution in [0.15, 0.2) is 18.2 Å². The molecule has 1 aromatic carbocycles. The highest BCUT2D eigenvalue weighted by Crippen LogP contribution is 2.31. The second-order valence-electron chi connectivity index (χ2n) is 3.68. The lowest BCUT2D eigenvalue weighted by Crippen LogP contribution is -2.03. The molecule has 0 radical (unpaired) electrons. The van der Waals surface area contributed by atoms with E-state index in [0.717, 1.165) is 12.0 Å². The van der Waals surface area contributed by atoms with Crippen LogP contribution in [0.3, 0.4) is 0 Å². The maximum Gasteiger partial charge on any atom is 0.164 e. The zero-order valence-electron chi connectivity index (χ0n) is 10.1. The Balaban J connectivity index is 2.95. The van der Waals surface area contributed by atoms with Crippen molar-refractivity contribution in [2.75, 3.05) is 13.7 Å². The Morgan fingerprint density at radius 1 is 1.38 bits per heavy atom. The lowest BCUT2D eigenvalue weighted by molar-refractivity contribution is -0.116. The Bertz CT molecular complexity index is 358. The highest BCUT2D eigenvalue weighted by Gasteiger charge is 2.11. The number of hydrogen-bond donors (Lipinski definition) is 0. The Hall–Kier alpha value is -1.51. The predicted molar refractivity (Wildman–Crippen MR) is 63.2 cm³/mol. The van der Waals surface area contributed by atoms with Gasteiger partial charge in [-0.3, -0.25) is 4.79 Å². The Morgan fingerprint density at radius 3 is 2.69 bits per heavy atom. The van der Waals surface area contributed by atoms with Gasteiger partial charge >= 0.3 is 0 Å². The zero-order chi connectivity index (χ0) is 12.0. The Labute approximate surface area is 96.4 Å². The summed E-state index contributed by atoms with van der Waals surface area (Å²) in [5.74, 6) is 1.50. The standard InChI is InChI=1S/C13H18O3/c1-4-8-16-12-7-5-6-11(9-10(2)14)13(12)15-3/h5-7H,4,8-9H2,1-3H3. The molecule has 0 atom stereocenters. The van der Waals surface area contributed by atoms with Crippen molar-refractivity contribution < 1.29 is 14.3 Å². The summed E-state index contributed by atoms with van der Waals surface area (Å²) in [5, 5.41) is 0. The van der Waals surface area contributed by atoms with Gasteiger partial charge in [-0.05, 0) is 19.4 Å². The van der Waals surface area contributed by atoms with E-state index in [1.54, 1.807) is 14.0 Å². The molecule has 1 rings (SSSR count). The van der Waals surface area contributed by atoms with Gasteiger partial charge < -0.3 is 9.47 Å². The third kappa shape index (κ3) is 3.26. The van der Waals surface area contributed by atoms with E-state index in [-0.39, 0.29) is 5.78 Å². The molecule has 0 N–H and O–H groups in total. The molecule has 3 heteroatoms. The summed E-state index contributed by atoms with van der Waals surface area (Å²) in [4.78, 5) is 11.1. The van der Waals surface area contributed by atoms with Gasteiger partial charge in [0.25, 0.3) is 0 Å². The summed E-state index contributed by atoms with van der Waals surface area (Å²) in [7, 11) is 1.60. The molecule has 0 aliphatic rings. The van der Waals surface area contributed by atoms with Gasteiger partial charge in [0.2, 0.25) is 0 Å². The molecule has 0 fully saturated rings. The molecule has 3 nitrogen and oxygen atoms in total. The lowest BCUT2D eigenvalue weighted by Gasteiger charge is -2.13. The first-order valence-corrected chi connectivity index (χ1v) is 5.47. The van der Waals surface area contributed by atoms with Gasteiger partial charge in [-0.2, -0.15) is 0 Å². The van der Waals surface area contributed by atoms with Gasteiger partial charge in [0.1, 0.15) is 5.78 Å². The highest BCUT2D eigenvalue weighted by atomic mass is 16.5. The van der Waals surface area contributed by atoms with Crippen LogP contribution in [0, 0.1) is 0 Å². The van der Waals surface area contributed by atoms with E-state index >= 15 is 0 Å². The van der Waals surface area contributed by atoms with Crippen LogP contribution < -0.4 is 9.47 Å². The van der Waals surface area contributed by atoms with Crippen molar-refractivity contribution in [3.8, 4) is 11.5 Å². The molecule has 0 aromatic heterocycles. The van der Waals surface area contributed by atoms with E-state index in [2.05, 4.69) is 0 Å². The zero-order valence-corrected chi connectivity index (χ0v) is 10.1. The number of carbonyl (C=O) groups is 1. The summed E-state index contributed by atoms with van der Waals surface area (Å²) < 4.78 is 10.9. The van der Waals surface area contributed by atoms with E-state index in [1.165, 1.54) is 0 Å². The van der Waals surface area contributed by atoms with Crippen LogP contribution in [0.2, 0.25) is 0 Å². The monoisotopic (exact) mass is 222 g/mol. The average molecular weight is 222 g/mol. The number of hydrogen-bond acceptors (Lipinski definition) is 3. The molecule has 88 valence electrons. The molecular weight excluding hydrogens is 204 g/mol. The topological polar surface area (TPSA) is 35.5 Å². The number of ketones is 1. The predicted octanol–water partition coefficient (Wildman–Crippen LogP) is 2.62. The third-order valence-electron chi connectivity index (χ3n) is 2.17. The highest BCUT2D eigenvalue weighted by molar-refractivity contribution is 5.79. The number of methoxy groups -OCH3 is 1. The van der Waals surface area contributed by atoms with Crippen molar-refractivity contribution >= 4 is 5.78 Å². The maximum absolute atomic E-state index is 11.1. The van der Waals surface area contributed by atoms with Crippen molar-refractivity contribution in [3.63, 3.8) is 0 Å². The summed E-state index contributed by atoms with van der Waals surface area (Å²) in [6.07, 6.45) is 1.33. The first kappa shape index (κ1) is 12.6. The van der Waals surface area contributed by atoms with E-state index < -0.39 is 0 Å². The van der Waals surface area contributed by atoms with Gasteiger partial charge in [0, 0.05) is 12.0 Å². The van der Waals surface area contributed by atoms with E-state index in [9.17, 15) is 4.79 Å². The molecule has 1 aromatic rings. The number of carbonyl (C=O) groups excluding carboxylic acids is 1. The summed E-state index contributed by atoms with van der Waals surface area (Å²) in [6, 6.07) is 5.63. The van der Waals surface area contributed by atoms with E-state index in [0.29, 0.717) is 24.5 Å². The van der Waals surface area contributed by atoms with Crippen molar-refractivity contribution in [1.29, 1.82) is 0 Å². The fourth-order valence-electron chi connectivity index (χ4n) is 1.53. The van der Waals surface area contributed by atoms with Crippen LogP contribution in [-0.4, -0.2) is 19.5 Å². The minimum absolute atomic E-state index is 0.117. The average Bonchev–Trinajstić information content (AvgIpc) is 2.25. The first-order valence-electron chi connectivity index (χ1n) is 5.47. The fourth-order valence-corrected chi connectivity index (χ4v) is 1.53. The fraction of sp³-hybridized carbons (Fsp3) is 0.462. The molecule has 0 saturated carbocycles. The molecule has 0 aliphatic heterocycles. The van der Waals surface area contributed by atoms with Crippen LogP contribution >= 0.6 is 0 Å². The molecule has 0 heterocycles. The van der Waals surface area contributed by atoms with E-state index in [1.807, 2.05) is 25.1 Å². The molecule has 0 unspecified atom stereocenters. The number of Topliss-reactive ketones (excluding diaryl/α,β-unsaturated/α-hetero) is 1. The van der Waals surface area contributed by atoms with Crippen molar-refractivity contribution in [3.05, 3.63) is 23.8 Å². The van der Waals surface area contributed by atoms with Crippen LogP contribution in [0.25, 0.3) is 0 Å². The Kier molecular flexibility index (Phi) is 4.83. The largest absolute Gasteiger partial charge is 0.493 e. The quantitative estimate of drug-likeness (QED) is 0.742. The van der Waals surface area contributed by atoms with Gasteiger partial charge in [-0.1, -0.05) is 19.1 Å². The smallest absolute Gasteiger partial charge is 0.164 e. The first-order chi connectivity index (χ1) is 7.69. The van der Waals surface area contributed by atoms with Crippen molar-refractivity contribution in [2.24, 2.45) is 0 Å². The number of rotatable bonds is 6.